The van der Waals surface area contributed by atoms with Crippen LogP contribution >= 0.6 is 0 Å². The lowest BCUT2D eigenvalue weighted by Crippen LogP contribution is -2.17. The molecule has 3 heteroatoms. The Balaban J connectivity index is 2.60. The second kappa shape index (κ2) is 5.10. The number of hydrogen-bond donors (Lipinski definition) is 1. The van der Waals surface area contributed by atoms with Crippen molar-refractivity contribution < 1.29 is 8.78 Å². The third kappa shape index (κ3) is 3.86. The van der Waals surface area contributed by atoms with Gasteiger partial charge < -0.3 is 5.32 Å². The lowest BCUT2D eigenvalue weighted by atomic mass is 10.1. The van der Waals surface area contributed by atoms with Crippen LogP contribution in [-0.4, -0.2) is 6.04 Å². The van der Waals surface area contributed by atoms with Crippen molar-refractivity contribution in [3.05, 3.63) is 29.8 Å². The van der Waals surface area contributed by atoms with Crippen molar-refractivity contribution in [3.8, 4) is 0 Å². The number of benzene rings is 1. The van der Waals surface area contributed by atoms with E-state index in [1.807, 2.05) is 6.92 Å². The standard InChI is InChI=1S/C12H17F2N/c1-8(2)6-9(3)15-10-4-5-11(13)12(14)7-10/h4-5,7-9,15H,6H2,1-3H3. The van der Waals surface area contributed by atoms with Gasteiger partial charge in [0.1, 0.15) is 0 Å². The fourth-order valence-corrected chi connectivity index (χ4v) is 1.64. The minimum Gasteiger partial charge on any atom is -0.382 e. The summed E-state index contributed by atoms with van der Waals surface area (Å²) >= 11 is 0. The number of anilines is 1. The average Bonchev–Trinajstić information content (AvgIpc) is 2.10. The monoisotopic (exact) mass is 213 g/mol. The van der Waals surface area contributed by atoms with E-state index in [2.05, 4.69) is 19.2 Å². The van der Waals surface area contributed by atoms with Crippen LogP contribution in [0.5, 0.6) is 0 Å². The predicted octanol–water partition coefficient (Wildman–Crippen LogP) is 3.81. The highest BCUT2D eigenvalue weighted by atomic mass is 19.2. The maximum atomic E-state index is 12.9. The highest BCUT2D eigenvalue weighted by molar-refractivity contribution is 5.44. The molecule has 0 heterocycles. The van der Waals surface area contributed by atoms with E-state index >= 15 is 0 Å². The van der Waals surface area contributed by atoms with Crippen LogP contribution < -0.4 is 5.32 Å². The van der Waals surface area contributed by atoms with E-state index in [1.165, 1.54) is 6.07 Å². The van der Waals surface area contributed by atoms with Crippen LogP contribution in [0.2, 0.25) is 0 Å². The van der Waals surface area contributed by atoms with Crippen molar-refractivity contribution in [2.45, 2.75) is 33.2 Å². The molecule has 0 aliphatic rings. The van der Waals surface area contributed by atoms with Crippen LogP contribution in [-0.2, 0) is 0 Å². The fourth-order valence-electron chi connectivity index (χ4n) is 1.64. The van der Waals surface area contributed by atoms with Gasteiger partial charge in [-0.1, -0.05) is 13.8 Å². The number of halogens is 2. The average molecular weight is 213 g/mol. The molecular formula is C12H17F2N. The Bertz CT molecular complexity index is 323. The second-order valence-electron chi connectivity index (χ2n) is 4.30. The molecule has 0 fully saturated rings. The van der Waals surface area contributed by atoms with Gasteiger partial charge in [0.15, 0.2) is 11.6 Å². The summed E-state index contributed by atoms with van der Waals surface area (Å²) in [4.78, 5) is 0. The maximum Gasteiger partial charge on any atom is 0.160 e. The van der Waals surface area contributed by atoms with Crippen molar-refractivity contribution in [2.75, 3.05) is 5.32 Å². The largest absolute Gasteiger partial charge is 0.382 e. The Morgan fingerprint density at radius 1 is 1.13 bits per heavy atom. The molecule has 0 saturated heterocycles. The van der Waals surface area contributed by atoms with Gasteiger partial charge in [0.05, 0.1) is 0 Å². The minimum atomic E-state index is -0.809. The highest BCUT2D eigenvalue weighted by Gasteiger charge is 2.07. The number of rotatable bonds is 4. The van der Waals surface area contributed by atoms with Gasteiger partial charge in [0.2, 0.25) is 0 Å². The molecule has 1 nitrogen and oxygen atoms in total. The van der Waals surface area contributed by atoms with Gasteiger partial charge >= 0.3 is 0 Å². The van der Waals surface area contributed by atoms with Gasteiger partial charge in [-0.25, -0.2) is 8.78 Å². The number of hydrogen-bond acceptors (Lipinski definition) is 1. The molecular weight excluding hydrogens is 196 g/mol. The van der Waals surface area contributed by atoms with Gasteiger partial charge in [0, 0.05) is 17.8 Å². The third-order valence-corrected chi connectivity index (χ3v) is 2.16. The van der Waals surface area contributed by atoms with Crippen LogP contribution in [0, 0.1) is 17.6 Å². The first-order valence-corrected chi connectivity index (χ1v) is 5.20. The van der Waals surface area contributed by atoms with Crippen molar-refractivity contribution in [1.29, 1.82) is 0 Å². The van der Waals surface area contributed by atoms with Gasteiger partial charge in [-0.3, -0.25) is 0 Å². The summed E-state index contributed by atoms with van der Waals surface area (Å²) in [5.74, 6) is -1.04. The summed E-state index contributed by atoms with van der Waals surface area (Å²) in [6, 6.07) is 4.14. The molecule has 0 bridgehead atoms. The molecule has 84 valence electrons. The fraction of sp³-hybridized carbons (Fsp3) is 0.500. The lowest BCUT2D eigenvalue weighted by Gasteiger charge is -2.17. The molecule has 1 aromatic carbocycles. The molecule has 0 aliphatic carbocycles. The van der Waals surface area contributed by atoms with E-state index in [1.54, 1.807) is 6.07 Å². The van der Waals surface area contributed by atoms with Crippen LogP contribution in [0.1, 0.15) is 27.2 Å². The second-order valence-corrected chi connectivity index (χ2v) is 4.30. The Labute approximate surface area is 89.5 Å². The van der Waals surface area contributed by atoms with Crippen LogP contribution in [0.25, 0.3) is 0 Å². The maximum absolute atomic E-state index is 12.9. The molecule has 0 saturated carbocycles. The Morgan fingerprint density at radius 3 is 2.33 bits per heavy atom. The summed E-state index contributed by atoms with van der Waals surface area (Å²) in [7, 11) is 0. The molecule has 0 aromatic heterocycles. The van der Waals surface area contributed by atoms with Gasteiger partial charge in [-0.05, 0) is 31.4 Å². The van der Waals surface area contributed by atoms with E-state index in [-0.39, 0.29) is 6.04 Å². The molecule has 1 rings (SSSR count). The van der Waals surface area contributed by atoms with Crippen LogP contribution in [0.15, 0.2) is 18.2 Å². The summed E-state index contributed by atoms with van der Waals surface area (Å²) in [5, 5.41) is 3.13. The van der Waals surface area contributed by atoms with E-state index in [0.29, 0.717) is 11.6 Å². The molecule has 1 aromatic rings. The van der Waals surface area contributed by atoms with Crippen molar-refractivity contribution >= 4 is 5.69 Å². The third-order valence-electron chi connectivity index (χ3n) is 2.16. The van der Waals surface area contributed by atoms with Gasteiger partial charge in [0.25, 0.3) is 0 Å². The van der Waals surface area contributed by atoms with Crippen molar-refractivity contribution in [1.82, 2.24) is 0 Å². The molecule has 1 atom stereocenters. The van der Waals surface area contributed by atoms with Crippen LogP contribution in [0.3, 0.4) is 0 Å². The van der Waals surface area contributed by atoms with E-state index < -0.39 is 11.6 Å². The van der Waals surface area contributed by atoms with Crippen LogP contribution in [0.4, 0.5) is 14.5 Å². The molecule has 0 aliphatic heterocycles. The van der Waals surface area contributed by atoms with E-state index in [9.17, 15) is 8.78 Å². The zero-order chi connectivity index (χ0) is 11.4. The van der Waals surface area contributed by atoms with E-state index in [0.717, 1.165) is 12.5 Å². The zero-order valence-electron chi connectivity index (χ0n) is 9.35. The molecule has 1 N–H and O–H groups in total. The molecule has 15 heavy (non-hydrogen) atoms. The van der Waals surface area contributed by atoms with Gasteiger partial charge in [-0.2, -0.15) is 0 Å². The lowest BCUT2D eigenvalue weighted by molar-refractivity contribution is 0.507. The van der Waals surface area contributed by atoms with Gasteiger partial charge in [-0.15, -0.1) is 0 Å². The zero-order valence-corrected chi connectivity index (χ0v) is 9.35. The van der Waals surface area contributed by atoms with E-state index in [4.69, 9.17) is 0 Å². The topological polar surface area (TPSA) is 12.0 Å². The first-order valence-electron chi connectivity index (χ1n) is 5.20. The molecule has 0 amide bonds. The Hall–Kier alpha value is -1.12. The summed E-state index contributed by atoms with van der Waals surface area (Å²) in [5.41, 5.74) is 0.627. The minimum absolute atomic E-state index is 0.259. The predicted molar refractivity (Wildman–Crippen MR) is 58.9 cm³/mol. The van der Waals surface area contributed by atoms with Crippen molar-refractivity contribution in [3.63, 3.8) is 0 Å². The molecule has 1 unspecified atom stereocenters. The smallest absolute Gasteiger partial charge is 0.160 e. The Morgan fingerprint density at radius 2 is 1.80 bits per heavy atom. The summed E-state index contributed by atoms with van der Waals surface area (Å²) < 4.78 is 25.5. The summed E-state index contributed by atoms with van der Waals surface area (Å²) in [6.45, 7) is 6.29. The molecule has 0 radical (unpaired) electrons. The Kier molecular flexibility index (Phi) is 4.06. The first-order chi connectivity index (χ1) is 6.99. The number of nitrogens with one attached hydrogen (secondary N) is 1. The summed E-state index contributed by atoms with van der Waals surface area (Å²) in [6.07, 6.45) is 0.999. The quantitative estimate of drug-likeness (QED) is 0.801. The highest BCUT2D eigenvalue weighted by Crippen LogP contribution is 2.16. The normalized spacial score (nSPS) is 12.9. The molecule has 0 spiro atoms. The first kappa shape index (κ1) is 12.0. The SMILES string of the molecule is CC(C)CC(C)Nc1ccc(F)c(F)c1. The van der Waals surface area contributed by atoms with Crippen molar-refractivity contribution in [2.24, 2.45) is 5.92 Å².